The summed E-state index contributed by atoms with van der Waals surface area (Å²) in [4.78, 5) is 8.58. The van der Waals surface area contributed by atoms with Gasteiger partial charge in [0.1, 0.15) is 0 Å². The molecule has 0 aliphatic heterocycles. The maximum Gasteiger partial charge on any atom is 0.0756 e. The number of nitrogens with zero attached hydrogens (tertiary/aromatic N) is 2. The Bertz CT molecular complexity index is 300. The van der Waals surface area contributed by atoms with Crippen LogP contribution in [0.15, 0.2) is 18.6 Å². The minimum atomic E-state index is 0.370. The largest absolute Gasteiger partial charge is 0.309 e. The molecule has 0 fully saturated rings. The van der Waals surface area contributed by atoms with Gasteiger partial charge in [-0.15, -0.1) is 0 Å². The predicted octanol–water partition coefficient (Wildman–Crippen LogP) is 4.27. The lowest BCUT2D eigenvalue weighted by molar-refractivity contribution is 0.466. The number of nitrogens with one attached hydrogen (secondary N) is 1. The Morgan fingerprint density at radius 3 is 2.37 bits per heavy atom. The van der Waals surface area contributed by atoms with Gasteiger partial charge in [-0.2, -0.15) is 0 Å². The summed E-state index contributed by atoms with van der Waals surface area (Å²) in [5, 5.41) is 3.51. The second-order valence-electron chi connectivity index (χ2n) is 5.15. The van der Waals surface area contributed by atoms with E-state index in [1.54, 1.807) is 12.4 Å². The molecule has 0 spiro atoms. The SMILES string of the molecule is CCCCCCCCCC(NCC)c1cnccn1. The molecule has 0 saturated carbocycles. The zero-order chi connectivity index (χ0) is 13.8. The fraction of sp³-hybridized carbons (Fsp3) is 0.750. The van der Waals surface area contributed by atoms with Gasteiger partial charge < -0.3 is 5.32 Å². The minimum Gasteiger partial charge on any atom is -0.309 e. The summed E-state index contributed by atoms with van der Waals surface area (Å²) in [7, 11) is 0. The molecule has 0 radical (unpaired) electrons. The number of hydrogen-bond donors (Lipinski definition) is 1. The maximum absolute atomic E-state index is 4.41. The van der Waals surface area contributed by atoms with Crippen molar-refractivity contribution in [2.45, 2.75) is 71.3 Å². The summed E-state index contributed by atoms with van der Waals surface area (Å²) in [6.07, 6.45) is 16.1. The molecule has 0 bridgehead atoms. The van der Waals surface area contributed by atoms with Crippen LogP contribution < -0.4 is 5.32 Å². The van der Waals surface area contributed by atoms with Crippen LogP contribution in [0.4, 0.5) is 0 Å². The molecule has 3 nitrogen and oxygen atoms in total. The highest BCUT2D eigenvalue weighted by Crippen LogP contribution is 2.18. The van der Waals surface area contributed by atoms with Crippen LogP contribution in [0.5, 0.6) is 0 Å². The first kappa shape index (κ1) is 16.1. The standard InChI is InChI=1S/C16H29N3/c1-3-5-6-7-8-9-10-11-15(18-4-2)16-14-17-12-13-19-16/h12-15,18H,3-11H2,1-2H3. The van der Waals surface area contributed by atoms with Crippen molar-refractivity contribution in [1.29, 1.82) is 0 Å². The van der Waals surface area contributed by atoms with E-state index in [4.69, 9.17) is 0 Å². The summed E-state index contributed by atoms with van der Waals surface area (Å²) < 4.78 is 0. The van der Waals surface area contributed by atoms with Gasteiger partial charge in [0.15, 0.2) is 0 Å². The summed E-state index contributed by atoms with van der Waals surface area (Å²) in [5.74, 6) is 0. The Morgan fingerprint density at radius 1 is 1.00 bits per heavy atom. The molecule has 0 saturated heterocycles. The first-order valence-corrected chi connectivity index (χ1v) is 7.87. The van der Waals surface area contributed by atoms with Gasteiger partial charge in [-0.25, -0.2) is 0 Å². The molecule has 19 heavy (non-hydrogen) atoms. The van der Waals surface area contributed by atoms with Crippen LogP contribution in [-0.4, -0.2) is 16.5 Å². The maximum atomic E-state index is 4.41. The third-order valence-electron chi connectivity index (χ3n) is 3.49. The Hall–Kier alpha value is -0.960. The van der Waals surface area contributed by atoms with Gasteiger partial charge in [-0.05, 0) is 13.0 Å². The van der Waals surface area contributed by atoms with Gasteiger partial charge in [-0.3, -0.25) is 9.97 Å². The van der Waals surface area contributed by atoms with Crippen LogP contribution >= 0.6 is 0 Å². The molecule has 1 unspecified atom stereocenters. The number of hydrogen-bond acceptors (Lipinski definition) is 3. The van der Waals surface area contributed by atoms with Crippen LogP contribution in [0.3, 0.4) is 0 Å². The highest BCUT2D eigenvalue weighted by Gasteiger charge is 2.10. The Kier molecular flexibility index (Phi) is 9.25. The van der Waals surface area contributed by atoms with Crippen molar-refractivity contribution >= 4 is 0 Å². The van der Waals surface area contributed by atoms with Crippen LogP contribution in [0, 0.1) is 0 Å². The van der Waals surface area contributed by atoms with Crippen LogP contribution in [0.1, 0.15) is 76.9 Å². The molecule has 0 aromatic carbocycles. The molecule has 0 amide bonds. The Labute approximate surface area is 118 Å². The number of aromatic nitrogens is 2. The molecule has 1 rings (SSSR count). The van der Waals surface area contributed by atoms with E-state index < -0.39 is 0 Å². The van der Waals surface area contributed by atoms with E-state index in [9.17, 15) is 0 Å². The van der Waals surface area contributed by atoms with E-state index in [0.717, 1.165) is 12.2 Å². The highest BCUT2D eigenvalue weighted by molar-refractivity contribution is 5.01. The van der Waals surface area contributed by atoms with Gasteiger partial charge in [-0.1, -0.05) is 58.8 Å². The molecule has 1 aromatic heterocycles. The normalized spacial score (nSPS) is 12.5. The molecule has 108 valence electrons. The van der Waals surface area contributed by atoms with E-state index in [-0.39, 0.29) is 0 Å². The topological polar surface area (TPSA) is 37.8 Å². The average molecular weight is 263 g/mol. The molecule has 1 N–H and O–H groups in total. The second-order valence-corrected chi connectivity index (χ2v) is 5.15. The van der Waals surface area contributed by atoms with Crippen LogP contribution in [0.2, 0.25) is 0 Å². The van der Waals surface area contributed by atoms with E-state index in [0.29, 0.717) is 6.04 Å². The zero-order valence-corrected chi connectivity index (χ0v) is 12.6. The zero-order valence-electron chi connectivity index (χ0n) is 12.6. The third kappa shape index (κ3) is 7.26. The van der Waals surface area contributed by atoms with Gasteiger partial charge in [0, 0.05) is 18.6 Å². The van der Waals surface area contributed by atoms with Crippen LogP contribution in [-0.2, 0) is 0 Å². The highest BCUT2D eigenvalue weighted by atomic mass is 14.9. The fourth-order valence-corrected chi connectivity index (χ4v) is 2.40. The van der Waals surface area contributed by atoms with E-state index in [1.807, 2.05) is 6.20 Å². The second kappa shape index (κ2) is 10.9. The van der Waals surface area contributed by atoms with Crippen molar-refractivity contribution < 1.29 is 0 Å². The Balaban J connectivity index is 2.20. The minimum absolute atomic E-state index is 0.370. The molecular weight excluding hydrogens is 234 g/mol. The molecule has 0 aliphatic rings. The average Bonchev–Trinajstić information content (AvgIpc) is 2.46. The molecular formula is C16H29N3. The summed E-state index contributed by atoms with van der Waals surface area (Å²) in [6, 6.07) is 0.370. The first-order chi connectivity index (χ1) is 9.38. The van der Waals surface area contributed by atoms with Crippen LogP contribution in [0.25, 0.3) is 0 Å². The van der Waals surface area contributed by atoms with Crippen molar-refractivity contribution in [1.82, 2.24) is 15.3 Å². The lowest BCUT2D eigenvalue weighted by atomic mass is 10.0. The van der Waals surface area contributed by atoms with Gasteiger partial charge in [0.2, 0.25) is 0 Å². The summed E-state index contributed by atoms with van der Waals surface area (Å²) in [5.41, 5.74) is 1.08. The quantitative estimate of drug-likeness (QED) is 0.606. The number of unbranched alkanes of at least 4 members (excludes halogenated alkanes) is 6. The molecule has 0 aliphatic carbocycles. The van der Waals surface area contributed by atoms with E-state index in [1.165, 1.54) is 51.4 Å². The monoisotopic (exact) mass is 263 g/mol. The Morgan fingerprint density at radius 2 is 1.74 bits per heavy atom. The van der Waals surface area contributed by atoms with E-state index >= 15 is 0 Å². The van der Waals surface area contributed by atoms with Crippen molar-refractivity contribution in [2.24, 2.45) is 0 Å². The van der Waals surface area contributed by atoms with Crippen molar-refractivity contribution in [2.75, 3.05) is 6.54 Å². The van der Waals surface area contributed by atoms with Gasteiger partial charge >= 0.3 is 0 Å². The smallest absolute Gasteiger partial charge is 0.0756 e. The summed E-state index contributed by atoms with van der Waals surface area (Å²) >= 11 is 0. The molecule has 3 heteroatoms. The molecule has 1 atom stereocenters. The van der Waals surface area contributed by atoms with Crippen molar-refractivity contribution in [3.63, 3.8) is 0 Å². The lowest BCUT2D eigenvalue weighted by Crippen LogP contribution is -2.21. The van der Waals surface area contributed by atoms with Crippen molar-refractivity contribution in [3.8, 4) is 0 Å². The first-order valence-electron chi connectivity index (χ1n) is 7.87. The molecule has 1 heterocycles. The van der Waals surface area contributed by atoms with Gasteiger partial charge in [0.05, 0.1) is 11.7 Å². The van der Waals surface area contributed by atoms with Crippen molar-refractivity contribution in [3.05, 3.63) is 24.3 Å². The molecule has 1 aromatic rings. The van der Waals surface area contributed by atoms with Gasteiger partial charge in [0.25, 0.3) is 0 Å². The predicted molar refractivity (Wildman–Crippen MR) is 81.1 cm³/mol. The number of rotatable bonds is 11. The summed E-state index contributed by atoms with van der Waals surface area (Å²) in [6.45, 7) is 5.40. The lowest BCUT2D eigenvalue weighted by Gasteiger charge is -2.16. The third-order valence-corrected chi connectivity index (χ3v) is 3.49. The fourth-order valence-electron chi connectivity index (χ4n) is 2.40. The van der Waals surface area contributed by atoms with E-state index in [2.05, 4.69) is 29.1 Å².